The topological polar surface area (TPSA) is 34.9 Å². The number of benzene rings is 1. The zero-order valence-corrected chi connectivity index (χ0v) is 12.3. The normalized spacial score (nSPS) is 13.0. The van der Waals surface area contributed by atoms with E-state index in [1.54, 1.807) is 12.3 Å². The van der Waals surface area contributed by atoms with Crippen LogP contribution in [0.2, 0.25) is 0 Å². The number of hydrogen-bond acceptors (Lipinski definition) is 2. The highest BCUT2D eigenvalue weighted by Gasteiger charge is 2.11. The second-order valence-corrected chi connectivity index (χ2v) is 6.32. The number of rotatable bonds is 6. The molecule has 0 saturated carbocycles. The third-order valence-corrected chi connectivity index (χ3v) is 3.97. The number of fused-ring (bicyclic) bond motifs is 1. The summed E-state index contributed by atoms with van der Waals surface area (Å²) in [6.45, 7) is 0.686. The molecule has 1 unspecified atom stereocenters. The molecule has 0 bridgehead atoms. The van der Waals surface area contributed by atoms with E-state index in [1.807, 2.05) is 4.57 Å². The molecule has 2 rings (SSSR count). The predicted octanol–water partition coefficient (Wildman–Crippen LogP) is 2.73. The molecule has 0 amide bonds. The first-order valence-electron chi connectivity index (χ1n) is 6.12. The van der Waals surface area contributed by atoms with Gasteiger partial charge in [0.05, 0.1) is 11.0 Å². The molecule has 0 N–H and O–H groups in total. The third kappa shape index (κ3) is 3.54. The van der Waals surface area contributed by atoms with E-state index in [9.17, 15) is 8.60 Å². The van der Waals surface area contributed by atoms with E-state index in [0.29, 0.717) is 24.6 Å². The predicted molar refractivity (Wildman–Crippen MR) is 77.7 cm³/mol. The summed E-state index contributed by atoms with van der Waals surface area (Å²) >= 11 is 5.78. The van der Waals surface area contributed by atoms with Crippen LogP contribution in [0.25, 0.3) is 11.0 Å². The minimum atomic E-state index is -0.809. The van der Waals surface area contributed by atoms with E-state index >= 15 is 0 Å². The monoisotopic (exact) mass is 302 g/mol. The number of alkyl halides is 1. The second-order valence-electron chi connectivity index (χ2n) is 4.38. The van der Waals surface area contributed by atoms with Gasteiger partial charge in [0.25, 0.3) is 0 Å². The summed E-state index contributed by atoms with van der Waals surface area (Å²) < 4.78 is 26.4. The molecule has 2 aromatic rings. The Kier molecular flexibility index (Phi) is 4.93. The fourth-order valence-electron chi connectivity index (χ4n) is 2.10. The Hall–Kier alpha value is -0.940. The van der Waals surface area contributed by atoms with E-state index in [4.69, 9.17) is 11.6 Å². The molecule has 1 heterocycles. The number of aryl methyl sites for hydroxylation is 2. The van der Waals surface area contributed by atoms with Gasteiger partial charge in [0.1, 0.15) is 11.6 Å². The third-order valence-electron chi connectivity index (χ3n) is 2.92. The molecule has 0 aliphatic rings. The van der Waals surface area contributed by atoms with Gasteiger partial charge in [0.2, 0.25) is 0 Å². The van der Waals surface area contributed by atoms with Gasteiger partial charge in [-0.3, -0.25) is 4.21 Å². The van der Waals surface area contributed by atoms with E-state index in [0.717, 1.165) is 23.3 Å². The Labute approximate surface area is 119 Å². The Morgan fingerprint density at radius 3 is 2.95 bits per heavy atom. The SMILES string of the molecule is CS(=O)CCCn1c(CCCl)nc2ccc(F)cc21. The lowest BCUT2D eigenvalue weighted by molar-refractivity contribution is 0.624. The maximum atomic E-state index is 13.3. The number of hydrogen-bond donors (Lipinski definition) is 0. The fraction of sp³-hybridized carbons (Fsp3) is 0.462. The molecule has 104 valence electrons. The van der Waals surface area contributed by atoms with E-state index < -0.39 is 10.8 Å². The Morgan fingerprint density at radius 1 is 1.47 bits per heavy atom. The summed E-state index contributed by atoms with van der Waals surface area (Å²) in [7, 11) is -0.809. The van der Waals surface area contributed by atoms with Crippen LogP contribution in [-0.4, -0.2) is 31.6 Å². The molecule has 0 aliphatic carbocycles. The van der Waals surface area contributed by atoms with Crippen molar-refractivity contribution >= 4 is 33.4 Å². The minimum Gasteiger partial charge on any atom is -0.328 e. The van der Waals surface area contributed by atoms with Crippen LogP contribution in [0, 0.1) is 5.82 Å². The molecule has 0 spiro atoms. The van der Waals surface area contributed by atoms with Crippen LogP contribution in [-0.2, 0) is 23.8 Å². The van der Waals surface area contributed by atoms with Crippen molar-refractivity contribution in [1.29, 1.82) is 0 Å². The summed E-state index contributed by atoms with van der Waals surface area (Å²) in [4.78, 5) is 4.48. The van der Waals surface area contributed by atoms with Crippen molar-refractivity contribution < 1.29 is 8.60 Å². The molecule has 0 fully saturated rings. The molecule has 6 heteroatoms. The first-order chi connectivity index (χ1) is 9.11. The Bertz CT molecular complexity index is 600. The van der Waals surface area contributed by atoms with Crippen LogP contribution in [0.5, 0.6) is 0 Å². The van der Waals surface area contributed by atoms with Gasteiger partial charge in [0.15, 0.2) is 0 Å². The summed E-state index contributed by atoms with van der Waals surface area (Å²) in [6.07, 6.45) is 3.11. The Morgan fingerprint density at radius 2 is 2.26 bits per heavy atom. The molecule has 1 atom stereocenters. The van der Waals surface area contributed by atoms with Gasteiger partial charge >= 0.3 is 0 Å². The molecular weight excluding hydrogens is 287 g/mol. The quantitative estimate of drug-likeness (QED) is 0.769. The van der Waals surface area contributed by atoms with E-state index in [1.165, 1.54) is 12.1 Å². The minimum absolute atomic E-state index is 0.273. The number of nitrogens with zero attached hydrogens (tertiary/aromatic N) is 2. The van der Waals surface area contributed by atoms with Gasteiger partial charge < -0.3 is 4.57 Å². The zero-order valence-electron chi connectivity index (χ0n) is 10.7. The molecule has 3 nitrogen and oxygen atoms in total. The first kappa shape index (κ1) is 14.5. The lowest BCUT2D eigenvalue weighted by atomic mass is 10.3. The summed E-state index contributed by atoms with van der Waals surface area (Å²) in [6, 6.07) is 4.57. The standard InChI is InChI=1S/C13H16ClFN2OS/c1-19(18)8-2-7-17-12-9-10(15)3-4-11(12)16-13(17)5-6-14/h3-4,9H,2,5-8H2,1H3. The lowest BCUT2D eigenvalue weighted by Gasteiger charge is -2.07. The van der Waals surface area contributed by atoms with Gasteiger partial charge in [-0.05, 0) is 24.6 Å². The summed E-state index contributed by atoms with van der Waals surface area (Å²) in [5.74, 6) is 1.70. The van der Waals surface area contributed by atoms with Crippen LogP contribution in [0.1, 0.15) is 12.2 Å². The second kappa shape index (κ2) is 6.48. The van der Waals surface area contributed by atoms with Crippen LogP contribution >= 0.6 is 11.6 Å². The average molecular weight is 303 g/mol. The smallest absolute Gasteiger partial charge is 0.125 e. The maximum absolute atomic E-state index is 13.3. The van der Waals surface area contributed by atoms with E-state index in [-0.39, 0.29) is 5.82 Å². The van der Waals surface area contributed by atoms with Crippen LogP contribution < -0.4 is 0 Å². The van der Waals surface area contributed by atoms with Crippen molar-refractivity contribution in [3.8, 4) is 0 Å². The first-order valence-corrected chi connectivity index (χ1v) is 8.38. The van der Waals surface area contributed by atoms with Crippen LogP contribution in [0.4, 0.5) is 4.39 Å². The lowest BCUT2D eigenvalue weighted by Crippen LogP contribution is -2.07. The number of aromatic nitrogens is 2. The van der Waals surface area contributed by atoms with Gasteiger partial charge in [-0.2, -0.15) is 0 Å². The maximum Gasteiger partial charge on any atom is 0.125 e. The molecule has 0 aliphatic heterocycles. The summed E-state index contributed by atoms with van der Waals surface area (Å²) in [5, 5.41) is 0. The molecule has 1 aromatic carbocycles. The molecule has 0 radical (unpaired) electrons. The highest BCUT2D eigenvalue weighted by atomic mass is 35.5. The van der Waals surface area contributed by atoms with Gasteiger partial charge in [-0.15, -0.1) is 11.6 Å². The molecule has 19 heavy (non-hydrogen) atoms. The highest BCUT2D eigenvalue weighted by Crippen LogP contribution is 2.19. The number of imidazole rings is 1. The summed E-state index contributed by atoms with van der Waals surface area (Å²) in [5.41, 5.74) is 1.56. The van der Waals surface area contributed by atoms with Crippen molar-refractivity contribution in [2.45, 2.75) is 19.4 Å². The van der Waals surface area contributed by atoms with Crippen molar-refractivity contribution in [2.75, 3.05) is 17.9 Å². The highest BCUT2D eigenvalue weighted by molar-refractivity contribution is 7.84. The zero-order chi connectivity index (χ0) is 13.8. The van der Waals surface area contributed by atoms with Gasteiger partial charge in [-0.25, -0.2) is 9.37 Å². The fourth-order valence-corrected chi connectivity index (χ4v) is 2.80. The van der Waals surface area contributed by atoms with Gasteiger partial charge in [-0.1, -0.05) is 0 Å². The average Bonchev–Trinajstić information content (AvgIpc) is 2.67. The molecule has 1 aromatic heterocycles. The van der Waals surface area contributed by atoms with Crippen molar-refractivity contribution in [2.24, 2.45) is 0 Å². The molecular formula is C13H16ClFN2OS. The van der Waals surface area contributed by atoms with E-state index in [2.05, 4.69) is 4.98 Å². The van der Waals surface area contributed by atoms with Crippen molar-refractivity contribution in [1.82, 2.24) is 9.55 Å². The largest absolute Gasteiger partial charge is 0.328 e. The van der Waals surface area contributed by atoms with Crippen LogP contribution in [0.15, 0.2) is 18.2 Å². The van der Waals surface area contributed by atoms with Crippen LogP contribution in [0.3, 0.4) is 0 Å². The van der Waals surface area contributed by atoms with Crippen molar-refractivity contribution in [3.05, 3.63) is 29.8 Å². The number of halogens is 2. The Balaban J connectivity index is 2.33. The van der Waals surface area contributed by atoms with Crippen molar-refractivity contribution in [3.63, 3.8) is 0 Å². The molecule has 0 saturated heterocycles. The van der Waals surface area contributed by atoms with Gasteiger partial charge in [0, 0.05) is 41.7 Å².